The van der Waals surface area contributed by atoms with E-state index in [4.69, 9.17) is 9.47 Å². The van der Waals surface area contributed by atoms with Crippen LogP contribution in [-0.2, 0) is 14.3 Å². The number of carbonyl (C=O) groups is 1. The number of rotatable bonds is 38. The number of carbonyl (C=O) groups excluding carboxylic acids is 1. The topological polar surface area (TPSA) is 149 Å². The summed E-state index contributed by atoms with van der Waals surface area (Å²) in [6.07, 6.45) is 36.8. The molecular formula is C46H87NO8. The van der Waals surface area contributed by atoms with Gasteiger partial charge in [-0.25, -0.2) is 0 Å². The zero-order valence-electron chi connectivity index (χ0n) is 35.4. The molecule has 0 aromatic rings. The predicted octanol–water partition coefficient (Wildman–Crippen LogP) is 9.50. The average Bonchev–Trinajstić information content (AvgIpc) is 3.18. The molecule has 0 bridgehead atoms. The number of hydrogen-bond acceptors (Lipinski definition) is 8. The Balaban J connectivity index is 2.27. The summed E-state index contributed by atoms with van der Waals surface area (Å²) in [5, 5.41) is 54.0. The lowest BCUT2D eigenvalue weighted by atomic mass is 9.99. The van der Waals surface area contributed by atoms with Crippen molar-refractivity contribution < 1.29 is 39.8 Å². The minimum atomic E-state index is -1.57. The highest BCUT2D eigenvalue weighted by Crippen LogP contribution is 2.22. The Kier molecular flexibility index (Phi) is 34.7. The quantitative estimate of drug-likeness (QED) is 0.0268. The Labute approximate surface area is 337 Å². The van der Waals surface area contributed by atoms with Crippen LogP contribution < -0.4 is 5.32 Å². The highest BCUT2D eigenvalue weighted by atomic mass is 16.7. The smallest absolute Gasteiger partial charge is 0.220 e. The molecule has 1 aliphatic heterocycles. The summed E-state index contributed by atoms with van der Waals surface area (Å²) in [4.78, 5) is 12.8. The molecule has 0 aromatic carbocycles. The van der Waals surface area contributed by atoms with Gasteiger partial charge in [0.25, 0.3) is 0 Å². The molecule has 0 radical (unpaired) electrons. The van der Waals surface area contributed by atoms with E-state index in [0.717, 1.165) is 38.5 Å². The second-order valence-corrected chi connectivity index (χ2v) is 16.2. The molecule has 9 heteroatoms. The fourth-order valence-electron chi connectivity index (χ4n) is 7.29. The van der Waals surface area contributed by atoms with Crippen LogP contribution in [0.4, 0.5) is 0 Å². The van der Waals surface area contributed by atoms with Crippen LogP contribution in [0.2, 0.25) is 0 Å². The van der Waals surface area contributed by atoms with Crippen LogP contribution in [0.1, 0.15) is 206 Å². The molecule has 7 atom stereocenters. The van der Waals surface area contributed by atoms with Gasteiger partial charge in [0.15, 0.2) is 6.29 Å². The van der Waals surface area contributed by atoms with E-state index >= 15 is 0 Å². The number of aliphatic hydroxyl groups excluding tert-OH is 5. The Bertz CT molecular complexity index is 914. The lowest BCUT2D eigenvalue weighted by Gasteiger charge is -2.40. The standard InChI is InChI=1S/C46H87NO8/c1-3-5-7-9-11-13-14-15-16-17-18-19-20-21-22-23-24-25-26-27-28-29-31-33-35-40(49)39(47-42(50)36-34-32-30-12-10-8-6-4-2)38-54-46-45(53)44(52)43(51)41(37-48)55-46/h27-28,33,35,39-41,43-46,48-49,51-53H,3-26,29-32,34,36-38H2,1-2H3,(H,47,50)/b28-27+,35-33+. The molecule has 0 spiro atoms. The molecule has 55 heavy (non-hydrogen) atoms. The lowest BCUT2D eigenvalue weighted by Crippen LogP contribution is -2.60. The summed E-state index contributed by atoms with van der Waals surface area (Å²) in [6, 6.07) is -0.815. The molecule has 0 saturated carbocycles. The van der Waals surface area contributed by atoms with Crippen molar-refractivity contribution in [2.45, 2.75) is 249 Å². The van der Waals surface area contributed by atoms with Gasteiger partial charge in [0.2, 0.25) is 5.91 Å². The Morgan fingerprint density at radius 3 is 1.53 bits per heavy atom. The fraction of sp³-hybridized carbons (Fsp3) is 0.891. The van der Waals surface area contributed by atoms with E-state index in [0.29, 0.717) is 6.42 Å². The Morgan fingerprint density at radius 1 is 0.600 bits per heavy atom. The Morgan fingerprint density at radius 2 is 1.04 bits per heavy atom. The van der Waals surface area contributed by atoms with E-state index in [9.17, 15) is 30.3 Å². The van der Waals surface area contributed by atoms with E-state index in [1.54, 1.807) is 6.08 Å². The van der Waals surface area contributed by atoms with Crippen molar-refractivity contribution in [3.8, 4) is 0 Å². The average molecular weight is 782 g/mol. The maximum atomic E-state index is 12.8. The van der Waals surface area contributed by atoms with Gasteiger partial charge in [-0.15, -0.1) is 0 Å². The summed E-state index contributed by atoms with van der Waals surface area (Å²) in [7, 11) is 0. The molecule has 1 saturated heterocycles. The summed E-state index contributed by atoms with van der Waals surface area (Å²) >= 11 is 0. The normalized spacial score (nSPS) is 21.5. The molecule has 0 aliphatic carbocycles. The van der Waals surface area contributed by atoms with Crippen LogP contribution in [0.15, 0.2) is 24.3 Å². The molecule has 324 valence electrons. The number of unbranched alkanes of at least 4 members (excludes halogenated alkanes) is 26. The Hall–Kier alpha value is -1.33. The second kappa shape index (κ2) is 37.0. The summed E-state index contributed by atoms with van der Waals surface area (Å²) < 4.78 is 11.2. The van der Waals surface area contributed by atoms with Crippen LogP contribution in [0, 0.1) is 0 Å². The van der Waals surface area contributed by atoms with Crippen molar-refractivity contribution >= 4 is 5.91 Å². The molecule has 7 unspecified atom stereocenters. The first kappa shape index (κ1) is 51.7. The van der Waals surface area contributed by atoms with E-state index in [-0.39, 0.29) is 12.5 Å². The van der Waals surface area contributed by atoms with Crippen LogP contribution in [0.5, 0.6) is 0 Å². The van der Waals surface area contributed by atoms with Crippen molar-refractivity contribution in [2.24, 2.45) is 0 Å². The molecule has 1 aliphatic rings. The first-order chi connectivity index (χ1) is 26.8. The van der Waals surface area contributed by atoms with Crippen LogP contribution in [0.25, 0.3) is 0 Å². The van der Waals surface area contributed by atoms with Crippen LogP contribution >= 0.6 is 0 Å². The van der Waals surface area contributed by atoms with E-state index in [1.165, 1.54) is 148 Å². The molecule has 1 amide bonds. The largest absolute Gasteiger partial charge is 0.394 e. The monoisotopic (exact) mass is 782 g/mol. The van der Waals surface area contributed by atoms with Crippen LogP contribution in [-0.4, -0.2) is 87.5 Å². The number of hydrogen-bond donors (Lipinski definition) is 6. The van der Waals surface area contributed by atoms with E-state index in [2.05, 4.69) is 31.3 Å². The number of ether oxygens (including phenoxy) is 2. The summed E-state index contributed by atoms with van der Waals surface area (Å²) in [6.45, 7) is 3.72. The van der Waals surface area contributed by atoms with Gasteiger partial charge >= 0.3 is 0 Å². The highest BCUT2D eigenvalue weighted by Gasteiger charge is 2.44. The molecule has 9 nitrogen and oxygen atoms in total. The van der Waals surface area contributed by atoms with Crippen molar-refractivity contribution in [1.29, 1.82) is 0 Å². The highest BCUT2D eigenvalue weighted by molar-refractivity contribution is 5.76. The minimum Gasteiger partial charge on any atom is -0.394 e. The van der Waals surface area contributed by atoms with Gasteiger partial charge in [-0.1, -0.05) is 192 Å². The predicted molar refractivity (Wildman–Crippen MR) is 226 cm³/mol. The summed E-state index contributed by atoms with van der Waals surface area (Å²) in [5.41, 5.74) is 0. The van der Waals surface area contributed by atoms with Crippen molar-refractivity contribution in [1.82, 2.24) is 5.32 Å². The van der Waals surface area contributed by atoms with E-state index in [1.807, 2.05) is 6.08 Å². The SMILES string of the molecule is CCCCCCCCCCCCCCCCCCCC/C=C/CC/C=C/C(O)C(COC1OC(CO)C(O)C(O)C1O)NC(=O)CCCCCCCCCC. The first-order valence-electron chi connectivity index (χ1n) is 23.1. The molecule has 1 rings (SSSR count). The van der Waals surface area contributed by atoms with Gasteiger partial charge in [-0.3, -0.25) is 4.79 Å². The van der Waals surface area contributed by atoms with Gasteiger partial charge in [0.1, 0.15) is 24.4 Å². The van der Waals surface area contributed by atoms with Gasteiger partial charge in [-0.05, 0) is 32.1 Å². The van der Waals surface area contributed by atoms with Crippen molar-refractivity contribution in [3.63, 3.8) is 0 Å². The maximum absolute atomic E-state index is 12.8. The fourth-order valence-corrected chi connectivity index (χ4v) is 7.29. The van der Waals surface area contributed by atoms with Crippen molar-refractivity contribution in [3.05, 3.63) is 24.3 Å². The van der Waals surface area contributed by atoms with Crippen LogP contribution in [0.3, 0.4) is 0 Å². The molecule has 1 fully saturated rings. The van der Waals surface area contributed by atoms with E-state index < -0.39 is 49.5 Å². The molecule has 6 N–H and O–H groups in total. The second-order valence-electron chi connectivity index (χ2n) is 16.2. The van der Waals surface area contributed by atoms with Gasteiger partial charge in [0.05, 0.1) is 25.4 Å². The van der Waals surface area contributed by atoms with Crippen molar-refractivity contribution in [2.75, 3.05) is 13.2 Å². The van der Waals surface area contributed by atoms with Gasteiger partial charge in [0, 0.05) is 6.42 Å². The zero-order chi connectivity index (χ0) is 40.2. The van der Waals surface area contributed by atoms with Gasteiger partial charge < -0.3 is 40.3 Å². The number of aliphatic hydroxyl groups is 5. The van der Waals surface area contributed by atoms with Gasteiger partial charge in [-0.2, -0.15) is 0 Å². The third-order valence-electron chi connectivity index (χ3n) is 11.0. The number of nitrogens with one attached hydrogen (secondary N) is 1. The first-order valence-corrected chi connectivity index (χ1v) is 23.1. The third kappa shape index (κ3) is 27.9. The molecule has 1 heterocycles. The third-order valence-corrected chi connectivity index (χ3v) is 11.0. The summed E-state index contributed by atoms with van der Waals surface area (Å²) in [5.74, 6) is -0.191. The number of allylic oxidation sites excluding steroid dienone is 3. The number of amides is 1. The molecular weight excluding hydrogens is 695 g/mol. The maximum Gasteiger partial charge on any atom is 0.220 e. The minimum absolute atomic E-state index is 0.191. The molecule has 0 aromatic heterocycles. The zero-order valence-corrected chi connectivity index (χ0v) is 35.4. The lowest BCUT2D eigenvalue weighted by molar-refractivity contribution is -0.302.